The standard InChI is InChI=1S/C13H16ClFN2O2/c14-11-3-2-10(15)6-9(11)7-17-5-1-4-13(19,8-17)12(16)18/h2-3,6,19H,1,4-5,7-8H2,(H2,16,18)/t13-/m1/s1. The van der Waals surface area contributed by atoms with Crippen molar-refractivity contribution < 1.29 is 14.3 Å². The topological polar surface area (TPSA) is 66.6 Å². The van der Waals surface area contributed by atoms with Crippen LogP contribution in [0.1, 0.15) is 18.4 Å². The second kappa shape index (κ2) is 5.45. The molecule has 104 valence electrons. The highest BCUT2D eigenvalue weighted by atomic mass is 35.5. The monoisotopic (exact) mass is 286 g/mol. The Kier molecular flexibility index (Phi) is 4.08. The van der Waals surface area contributed by atoms with Gasteiger partial charge < -0.3 is 10.8 Å². The van der Waals surface area contributed by atoms with Gasteiger partial charge >= 0.3 is 0 Å². The zero-order valence-electron chi connectivity index (χ0n) is 10.4. The first-order chi connectivity index (χ1) is 8.90. The largest absolute Gasteiger partial charge is 0.379 e. The number of β-amino-alcohol motifs (C(OH)–C–C–N with tert-alkyl or cyclic N) is 1. The first-order valence-corrected chi connectivity index (χ1v) is 6.47. The normalized spacial score (nSPS) is 24.4. The molecule has 1 saturated heterocycles. The van der Waals surface area contributed by atoms with E-state index >= 15 is 0 Å². The number of benzene rings is 1. The molecule has 1 aromatic rings. The van der Waals surface area contributed by atoms with Crippen molar-refractivity contribution >= 4 is 17.5 Å². The fourth-order valence-electron chi connectivity index (χ4n) is 2.36. The summed E-state index contributed by atoms with van der Waals surface area (Å²) in [5.74, 6) is -1.08. The number of carbonyl (C=O) groups excluding carboxylic acids is 1. The van der Waals surface area contributed by atoms with Gasteiger partial charge in [0.05, 0.1) is 0 Å². The Hall–Kier alpha value is -1.17. The SMILES string of the molecule is NC(=O)[C@@]1(O)CCCN(Cc2cc(F)ccc2Cl)C1. The number of piperidine rings is 1. The molecule has 19 heavy (non-hydrogen) atoms. The summed E-state index contributed by atoms with van der Waals surface area (Å²) in [5.41, 5.74) is 4.34. The van der Waals surface area contributed by atoms with E-state index in [9.17, 15) is 14.3 Å². The third kappa shape index (κ3) is 3.23. The van der Waals surface area contributed by atoms with Gasteiger partial charge in [0.1, 0.15) is 5.82 Å². The Morgan fingerprint density at radius 3 is 3.00 bits per heavy atom. The smallest absolute Gasteiger partial charge is 0.250 e. The summed E-state index contributed by atoms with van der Waals surface area (Å²) in [5, 5.41) is 10.6. The highest BCUT2D eigenvalue weighted by Gasteiger charge is 2.38. The molecule has 0 bridgehead atoms. The van der Waals surface area contributed by atoms with Crippen molar-refractivity contribution in [1.29, 1.82) is 0 Å². The fourth-order valence-corrected chi connectivity index (χ4v) is 2.54. The summed E-state index contributed by atoms with van der Waals surface area (Å²) < 4.78 is 13.2. The van der Waals surface area contributed by atoms with Crippen molar-refractivity contribution in [2.45, 2.75) is 25.0 Å². The molecule has 0 spiro atoms. The summed E-state index contributed by atoms with van der Waals surface area (Å²) in [6.45, 7) is 1.24. The average molecular weight is 287 g/mol. The Balaban J connectivity index is 2.11. The summed E-state index contributed by atoms with van der Waals surface area (Å²) in [6, 6.07) is 4.15. The number of aliphatic hydroxyl groups is 1. The van der Waals surface area contributed by atoms with Gasteiger partial charge in [0, 0.05) is 18.1 Å². The second-order valence-electron chi connectivity index (χ2n) is 4.95. The van der Waals surface area contributed by atoms with Crippen molar-refractivity contribution in [3.63, 3.8) is 0 Å². The van der Waals surface area contributed by atoms with E-state index in [0.717, 1.165) is 0 Å². The molecular formula is C13H16ClFN2O2. The van der Waals surface area contributed by atoms with Crippen LogP contribution >= 0.6 is 11.6 Å². The number of nitrogens with two attached hydrogens (primary N) is 1. The molecule has 0 aliphatic carbocycles. The Morgan fingerprint density at radius 2 is 2.32 bits per heavy atom. The van der Waals surface area contributed by atoms with Crippen molar-refractivity contribution in [1.82, 2.24) is 4.90 Å². The van der Waals surface area contributed by atoms with E-state index in [0.29, 0.717) is 36.5 Å². The van der Waals surface area contributed by atoms with Crippen molar-refractivity contribution in [2.24, 2.45) is 5.73 Å². The third-order valence-electron chi connectivity index (χ3n) is 3.41. The molecule has 4 nitrogen and oxygen atoms in total. The molecule has 3 N–H and O–H groups in total. The van der Waals surface area contributed by atoms with Crippen LogP contribution in [-0.4, -0.2) is 34.6 Å². The lowest BCUT2D eigenvalue weighted by atomic mass is 9.92. The maximum Gasteiger partial charge on any atom is 0.250 e. The molecule has 1 aromatic carbocycles. The van der Waals surface area contributed by atoms with Gasteiger partial charge in [-0.1, -0.05) is 11.6 Å². The van der Waals surface area contributed by atoms with Gasteiger partial charge in [-0.3, -0.25) is 9.69 Å². The summed E-state index contributed by atoms with van der Waals surface area (Å²) >= 11 is 6.00. The van der Waals surface area contributed by atoms with E-state index in [-0.39, 0.29) is 12.4 Å². The number of likely N-dealkylation sites (tertiary alicyclic amines) is 1. The Labute approximate surface area is 116 Å². The van der Waals surface area contributed by atoms with Crippen molar-refractivity contribution in [3.8, 4) is 0 Å². The minimum Gasteiger partial charge on any atom is -0.379 e. The van der Waals surface area contributed by atoms with Gasteiger partial charge in [0.2, 0.25) is 0 Å². The third-order valence-corrected chi connectivity index (χ3v) is 3.78. The first-order valence-electron chi connectivity index (χ1n) is 6.09. The molecule has 0 radical (unpaired) electrons. The lowest BCUT2D eigenvalue weighted by molar-refractivity contribution is -0.142. The molecule has 1 heterocycles. The number of hydrogen-bond acceptors (Lipinski definition) is 3. The molecule has 1 aliphatic rings. The molecule has 2 rings (SSSR count). The van der Waals surface area contributed by atoms with Gasteiger partial charge in [0.25, 0.3) is 5.91 Å². The predicted molar refractivity (Wildman–Crippen MR) is 70.1 cm³/mol. The molecule has 1 atom stereocenters. The number of nitrogens with zero attached hydrogens (tertiary/aromatic N) is 1. The van der Waals surface area contributed by atoms with Gasteiger partial charge in [0.15, 0.2) is 5.60 Å². The second-order valence-corrected chi connectivity index (χ2v) is 5.35. The number of primary amides is 1. The highest BCUT2D eigenvalue weighted by Crippen LogP contribution is 2.25. The van der Waals surface area contributed by atoms with Crippen LogP contribution < -0.4 is 5.73 Å². The van der Waals surface area contributed by atoms with Crippen molar-refractivity contribution in [3.05, 3.63) is 34.6 Å². The Morgan fingerprint density at radius 1 is 1.58 bits per heavy atom. The summed E-state index contributed by atoms with van der Waals surface area (Å²) in [4.78, 5) is 13.1. The van der Waals surface area contributed by atoms with Crippen LogP contribution in [0.15, 0.2) is 18.2 Å². The lowest BCUT2D eigenvalue weighted by Crippen LogP contribution is -2.55. The van der Waals surface area contributed by atoms with Crippen LogP contribution in [0, 0.1) is 5.82 Å². The molecule has 6 heteroatoms. The van der Waals surface area contributed by atoms with Crippen molar-refractivity contribution in [2.75, 3.05) is 13.1 Å². The summed E-state index contributed by atoms with van der Waals surface area (Å²) in [7, 11) is 0. The summed E-state index contributed by atoms with van der Waals surface area (Å²) in [6.07, 6.45) is 1.02. The quantitative estimate of drug-likeness (QED) is 0.880. The minimum atomic E-state index is -1.50. The van der Waals surface area contributed by atoms with E-state index in [1.54, 1.807) is 0 Å². The van der Waals surface area contributed by atoms with Gasteiger partial charge in [-0.05, 0) is 43.1 Å². The molecule has 0 aromatic heterocycles. The van der Waals surface area contributed by atoms with Gasteiger partial charge in [-0.15, -0.1) is 0 Å². The molecule has 0 saturated carbocycles. The molecule has 1 amide bonds. The lowest BCUT2D eigenvalue weighted by Gasteiger charge is -2.37. The Bertz CT molecular complexity index is 498. The van der Waals surface area contributed by atoms with Gasteiger partial charge in [-0.25, -0.2) is 4.39 Å². The maximum absolute atomic E-state index is 13.2. The van der Waals surface area contributed by atoms with Gasteiger partial charge in [-0.2, -0.15) is 0 Å². The number of halogens is 2. The fraction of sp³-hybridized carbons (Fsp3) is 0.462. The molecule has 1 fully saturated rings. The average Bonchev–Trinajstić information content (AvgIpc) is 2.34. The van der Waals surface area contributed by atoms with E-state index in [4.69, 9.17) is 17.3 Å². The van der Waals surface area contributed by atoms with E-state index < -0.39 is 11.5 Å². The van der Waals surface area contributed by atoms with Crippen LogP contribution in [0.3, 0.4) is 0 Å². The highest BCUT2D eigenvalue weighted by molar-refractivity contribution is 6.31. The van der Waals surface area contributed by atoms with E-state index in [2.05, 4.69) is 0 Å². The van der Waals surface area contributed by atoms with Crippen LogP contribution in [0.2, 0.25) is 5.02 Å². The minimum absolute atomic E-state index is 0.148. The zero-order chi connectivity index (χ0) is 14.0. The first kappa shape index (κ1) is 14.2. The van der Waals surface area contributed by atoms with Crippen LogP contribution in [0.4, 0.5) is 4.39 Å². The van der Waals surface area contributed by atoms with Crippen LogP contribution in [0.25, 0.3) is 0 Å². The van der Waals surface area contributed by atoms with E-state index in [1.807, 2.05) is 4.90 Å². The predicted octanol–water partition coefficient (Wildman–Crippen LogP) is 1.29. The van der Waals surface area contributed by atoms with Crippen LogP contribution in [0.5, 0.6) is 0 Å². The zero-order valence-corrected chi connectivity index (χ0v) is 11.2. The number of carbonyl (C=O) groups is 1. The maximum atomic E-state index is 13.2. The molecule has 0 unspecified atom stereocenters. The number of hydrogen-bond donors (Lipinski definition) is 2. The van der Waals surface area contributed by atoms with Crippen LogP contribution in [-0.2, 0) is 11.3 Å². The van der Waals surface area contributed by atoms with E-state index in [1.165, 1.54) is 18.2 Å². The molecular weight excluding hydrogens is 271 g/mol. The number of rotatable bonds is 3. The molecule has 1 aliphatic heterocycles. The number of amides is 1.